The Labute approximate surface area is 117 Å². The number of rotatable bonds is 4. The molecule has 0 aliphatic heterocycles. The first-order valence-electron chi connectivity index (χ1n) is 6.57. The maximum Gasteiger partial charge on any atom is 0.347 e. The number of nitrogens with zero attached hydrogens (tertiary/aromatic N) is 2. The molecule has 2 N–H and O–H groups in total. The summed E-state index contributed by atoms with van der Waals surface area (Å²) in [7, 11) is 0. The zero-order valence-electron chi connectivity index (χ0n) is 11.5. The standard InChI is InChI=1S/C15H16N4O/c1-3-10-6-5-7-11(4-2)14(10)18-13-8-12(9-16)17-15(20)19-13/h5-8H,3-4H2,1-2H3,(H2,17,18,19,20). The van der Waals surface area contributed by atoms with Gasteiger partial charge in [-0.15, -0.1) is 0 Å². The third-order valence-corrected chi connectivity index (χ3v) is 3.12. The second kappa shape index (κ2) is 6.02. The fraction of sp³-hybridized carbons (Fsp3) is 0.267. The Morgan fingerprint density at radius 2 is 1.95 bits per heavy atom. The second-order valence-electron chi connectivity index (χ2n) is 4.38. The van der Waals surface area contributed by atoms with E-state index >= 15 is 0 Å². The minimum atomic E-state index is -0.529. The molecule has 102 valence electrons. The molecule has 5 heteroatoms. The summed E-state index contributed by atoms with van der Waals surface area (Å²) in [6, 6.07) is 9.56. The zero-order valence-corrected chi connectivity index (χ0v) is 11.5. The van der Waals surface area contributed by atoms with Crippen LogP contribution in [0.15, 0.2) is 29.1 Å². The Bertz CT molecular complexity index is 690. The number of aromatic amines is 1. The van der Waals surface area contributed by atoms with Gasteiger partial charge in [0.25, 0.3) is 0 Å². The summed E-state index contributed by atoms with van der Waals surface area (Å²) in [6.07, 6.45) is 1.76. The number of hydrogen-bond acceptors (Lipinski definition) is 4. The van der Waals surface area contributed by atoms with E-state index in [1.54, 1.807) is 0 Å². The first-order chi connectivity index (χ1) is 9.67. The van der Waals surface area contributed by atoms with Crippen LogP contribution in [0.1, 0.15) is 30.7 Å². The van der Waals surface area contributed by atoms with Gasteiger partial charge in [0.15, 0.2) is 0 Å². The largest absolute Gasteiger partial charge is 0.347 e. The molecule has 2 aromatic rings. The summed E-state index contributed by atoms with van der Waals surface area (Å²) in [5, 5.41) is 12.1. The van der Waals surface area contributed by atoms with E-state index in [9.17, 15) is 4.79 Å². The van der Waals surface area contributed by atoms with Gasteiger partial charge in [-0.25, -0.2) is 4.79 Å². The lowest BCUT2D eigenvalue weighted by molar-refractivity contribution is 1.05. The van der Waals surface area contributed by atoms with Crippen LogP contribution in [0.2, 0.25) is 0 Å². The smallest absolute Gasteiger partial charge is 0.340 e. The molecule has 0 fully saturated rings. The number of benzene rings is 1. The summed E-state index contributed by atoms with van der Waals surface area (Å²) in [4.78, 5) is 17.6. The fourth-order valence-corrected chi connectivity index (χ4v) is 2.11. The summed E-state index contributed by atoms with van der Waals surface area (Å²) in [5.74, 6) is 0.390. The molecule has 0 spiro atoms. The van der Waals surface area contributed by atoms with E-state index in [0.29, 0.717) is 5.82 Å². The second-order valence-corrected chi connectivity index (χ2v) is 4.38. The number of nitrogens with one attached hydrogen (secondary N) is 2. The van der Waals surface area contributed by atoms with Crippen molar-refractivity contribution in [1.29, 1.82) is 5.26 Å². The molecular weight excluding hydrogens is 252 g/mol. The maximum absolute atomic E-state index is 11.4. The van der Waals surface area contributed by atoms with E-state index < -0.39 is 5.69 Å². The van der Waals surface area contributed by atoms with Crippen molar-refractivity contribution in [2.24, 2.45) is 0 Å². The van der Waals surface area contributed by atoms with Gasteiger partial charge in [0.2, 0.25) is 0 Å². The lowest BCUT2D eigenvalue weighted by Gasteiger charge is -2.14. The number of nitriles is 1. The van der Waals surface area contributed by atoms with Gasteiger partial charge in [0.05, 0.1) is 0 Å². The highest BCUT2D eigenvalue weighted by Crippen LogP contribution is 2.25. The van der Waals surface area contributed by atoms with Gasteiger partial charge in [-0.2, -0.15) is 10.2 Å². The van der Waals surface area contributed by atoms with Crippen molar-refractivity contribution in [3.05, 3.63) is 51.6 Å². The molecule has 2 rings (SSSR count). The Morgan fingerprint density at radius 3 is 2.50 bits per heavy atom. The van der Waals surface area contributed by atoms with Gasteiger partial charge in [0.1, 0.15) is 17.6 Å². The molecule has 0 amide bonds. The molecule has 0 radical (unpaired) electrons. The summed E-state index contributed by atoms with van der Waals surface area (Å²) < 4.78 is 0. The molecule has 0 bridgehead atoms. The fourth-order valence-electron chi connectivity index (χ4n) is 2.11. The molecule has 0 saturated carbocycles. The average Bonchev–Trinajstić information content (AvgIpc) is 2.46. The van der Waals surface area contributed by atoms with Crippen molar-refractivity contribution < 1.29 is 0 Å². The minimum Gasteiger partial charge on any atom is -0.340 e. The van der Waals surface area contributed by atoms with Crippen LogP contribution in [-0.4, -0.2) is 9.97 Å². The number of aryl methyl sites for hydroxylation is 2. The zero-order chi connectivity index (χ0) is 14.5. The van der Waals surface area contributed by atoms with Crippen molar-refractivity contribution in [2.75, 3.05) is 5.32 Å². The van der Waals surface area contributed by atoms with Crippen LogP contribution in [0, 0.1) is 11.3 Å². The van der Waals surface area contributed by atoms with Crippen LogP contribution in [0.5, 0.6) is 0 Å². The topological polar surface area (TPSA) is 81.6 Å². The Kier molecular flexibility index (Phi) is 4.16. The van der Waals surface area contributed by atoms with Gasteiger partial charge in [0, 0.05) is 11.8 Å². The summed E-state index contributed by atoms with van der Waals surface area (Å²) in [5.41, 5.74) is 2.95. The first kappa shape index (κ1) is 13.8. The Hall–Kier alpha value is -2.61. The van der Waals surface area contributed by atoms with E-state index in [4.69, 9.17) is 5.26 Å². The number of aromatic nitrogens is 2. The van der Waals surface area contributed by atoms with Gasteiger partial charge in [-0.3, -0.25) is 4.98 Å². The summed E-state index contributed by atoms with van der Waals surface area (Å²) in [6.45, 7) is 4.15. The predicted octanol–water partition coefficient (Wildman–Crippen LogP) is 2.51. The molecular formula is C15H16N4O. The lowest BCUT2D eigenvalue weighted by atomic mass is 10.0. The van der Waals surface area contributed by atoms with Crippen LogP contribution in [-0.2, 0) is 12.8 Å². The van der Waals surface area contributed by atoms with Gasteiger partial charge in [-0.1, -0.05) is 32.0 Å². The van der Waals surface area contributed by atoms with E-state index in [0.717, 1.165) is 29.7 Å². The van der Waals surface area contributed by atoms with Crippen LogP contribution in [0.25, 0.3) is 0 Å². The molecule has 5 nitrogen and oxygen atoms in total. The molecule has 1 heterocycles. The van der Waals surface area contributed by atoms with Crippen molar-refractivity contribution in [3.63, 3.8) is 0 Å². The molecule has 20 heavy (non-hydrogen) atoms. The lowest BCUT2D eigenvalue weighted by Crippen LogP contribution is -2.14. The third kappa shape index (κ3) is 2.86. The maximum atomic E-state index is 11.4. The van der Waals surface area contributed by atoms with Crippen LogP contribution < -0.4 is 11.0 Å². The third-order valence-electron chi connectivity index (χ3n) is 3.12. The SMILES string of the molecule is CCc1cccc(CC)c1Nc1cc(C#N)[nH]c(=O)n1. The normalized spacial score (nSPS) is 10.1. The first-order valence-corrected chi connectivity index (χ1v) is 6.57. The van der Waals surface area contributed by atoms with Crippen LogP contribution in [0.3, 0.4) is 0 Å². The Balaban J connectivity index is 2.47. The number of H-pyrrole nitrogens is 1. The number of hydrogen-bond donors (Lipinski definition) is 2. The van der Waals surface area contributed by atoms with Crippen molar-refractivity contribution >= 4 is 11.5 Å². The monoisotopic (exact) mass is 268 g/mol. The minimum absolute atomic E-state index is 0.194. The van der Waals surface area contributed by atoms with Crippen molar-refractivity contribution in [3.8, 4) is 6.07 Å². The predicted molar refractivity (Wildman–Crippen MR) is 78.1 cm³/mol. The van der Waals surface area contributed by atoms with Gasteiger partial charge < -0.3 is 5.32 Å². The highest BCUT2D eigenvalue weighted by atomic mass is 16.1. The van der Waals surface area contributed by atoms with Gasteiger partial charge in [-0.05, 0) is 24.0 Å². The van der Waals surface area contributed by atoms with E-state index in [2.05, 4.69) is 29.1 Å². The molecule has 0 aliphatic carbocycles. The molecule has 0 unspecified atom stereocenters. The average molecular weight is 268 g/mol. The molecule has 1 aromatic heterocycles. The highest BCUT2D eigenvalue weighted by Gasteiger charge is 2.08. The number of anilines is 2. The van der Waals surface area contributed by atoms with Crippen molar-refractivity contribution in [1.82, 2.24) is 9.97 Å². The quantitative estimate of drug-likeness (QED) is 0.892. The molecule has 0 atom stereocenters. The highest BCUT2D eigenvalue weighted by molar-refractivity contribution is 5.65. The van der Waals surface area contributed by atoms with Gasteiger partial charge >= 0.3 is 5.69 Å². The molecule has 1 aromatic carbocycles. The number of para-hydroxylation sites is 1. The molecule has 0 aliphatic rings. The van der Waals surface area contributed by atoms with E-state index in [1.807, 2.05) is 24.3 Å². The van der Waals surface area contributed by atoms with Crippen molar-refractivity contribution in [2.45, 2.75) is 26.7 Å². The summed E-state index contributed by atoms with van der Waals surface area (Å²) >= 11 is 0. The van der Waals surface area contributed by atoms with E-state index in [1.165, 1.54) is 6.07 Å². The molecule has 0 saturated heterocycles. The van der Waals surface area contributed by atoms with Crippen LogP contribution >= 0.6 is 0 Å². The van der Waals surface area contributed by atoms with Crippen LogP contribution in [0.4, 0.5) is 11.5 Å². The Morgan fingerprint density at radius 1 is 1.30 bits per heavy atom. The van der Waals surface area contributed by atoms with E-state index in [-0.39, 0.29) is 5.69 Å².